The predicted octanol–water partition coefficient (Wildman–Crippen LogP) is 2.93. The zero-order chi connectivity index (χ0) is 21.1. The molecule has 0 saturated carbocycles. The van der Waals surface area contributed by atoms with E-state index in [1.54, 1.807) is 7.11 Å². The van der Waals surface area contributed by atoms with E-state index in [1.807, 2.05) is 59.5 Å². The van der Waals surface area contributed by atoms with Crippen molar-refractivity contribution in [1.82, 2.24) is 4.90 Å². The monoisotopic (exact) mass is 444 g/mol. The summed E-state index contributed by atoms with van der Waals surface area (Å²) >= 11 is 1.42. The van der Waals surface area contributed by atoms with Crippen LogP contribution < -0.4 is 4.74 Å². The number of amidine groups is 1. The van der Waals surface area contributed by atoms with Crippen molar-refractivity contribution in [2.24, 2.45) is 4.99 Å². The largest absolute Gasteiger partial charge is 0.497 e. The van der Waals surface area contributed by atoms with Gasteiger partial charge in [0.1, 0.15) is 5.75 Å². The van der Waals surface area contributed by atoms with Gasteiger partial charge < -0.3 is 9.64 Å². The second kappa shape index (κ2) is 8.81. The maximum absolute atomic E-state index is 12.6. The third-order valence-electron chi connectivity index (χ3n) is 5.35. The molecule has 1 amide bonds. The average molecular weight is 445 g/mol. The fourth-order valence-electron chi connectivity index (χ4n) is 3.85. The van der Waals surface area contributed by atoms with Crippen LogP contribution in [0.1, 0.15) is 17.5 Å². The number of carbonyl (C=O) groups is 1. The molecule has 158 valence electrons. The molecule has 0 spiro atoms. The number of hydrogen-bond acceptors (Lipinski definition) is 5. The van der Waals surface area contributed by atoms with Gasteiger partial charge in [0.2, 0.25) is 5.91 Å². The molecule has 0 N–H and O–H groups in total. The van der Waals surface area contributed by atoms with E-state index >= 15 is 0 Å². The van der Waals surface area contributed by atoms with Crippen molar-refractivity contribution in [1.29, 1.82) is 0 Å². The Bertz CT molecular complexity index is 1050. The van der Waals surface area contributed by atoms with Crippen LogP contribution in [0.25, 0.3) is 0 Å². The number of rotatable bonds is 6. The lowest BCUT2D eigenvalue weighted by Crippen LogP contribution is -2.37. The molecule has 2 aliphatic heterocycles. The van der Waals surface area contributed by atoms with Crippen LogP contribution in [0.2, 0.25) is 0 Å². The summed E-state index contributed by atoms with van der Waals surface area (Å²) in [6, 6.07) is 17.4. The molecule has 4 rings (SSSR count). The first kappa shape index (κ1) is 20.9. The lowest BCUT2D eigenvalue weighted by Gasteiger charge is -2.24. The molecule has 2 aliphatic rings. The minimum Gasteiger partial charge on any atom is -0.497 e. The summed E-state index contributed by atoms with van der Waals surface area (Å²) in [5.41, 5.74) is 2.09. The summed E-state index contributed by atoms with van der Waals surface area (Å²) in [5.74, 6) is 0.798. The van der Waals surface area contributed by atoms with Gasteiger partial charge in [0.15, 0.2) is 15.0 Å². The smallest absolute Gasteiger partial charge is 0.248 e. The van der Waals surface area contributed by atoms with Gasteiger partial charge in [-0.15, -0.1) is 0 Å². The van der Waals surface area contributed by atoms with E-state index in [0.717, 1.165) is 16.9 Å². The number of aryl methyl sites for hydroxylation is 1. The quantitative estimate of drug-likeness (QED) is 0.682. The van der Waals surface area contributed by atoms with E-state index in [0.29, 0.717) is 24.6 Å². The van der Waals surface area contributed by atoms with Crippen LogP contribution in [0, 0.1) is 0 Å². The van der Waals surface area contributed by atoms with Crippen molar-refractivity contribution in [3.05, 3.63) is 65.7 Å². The summed E-state index contributed by atoms with van der Waals surface area (Å²) in [7, 11) is -1.46. The van der Waals surface area contributed by atoms with Crippen molar-refractivity contribution >= 4 is 32.7 Å². The first-order chi connectivity index (χ1) is 14.4. The molecule has 8 heteroatoms. The highest BCUT2D eigenvalue weighted by Gasteiger charge is 2.48. The topological polar surface area (TPSA) is 76.0 Å². The molecule has 2 aromatic rings. The van der Waals surface area contributed by atoms with Crippen molar-refractivity contribution in [3.63, 3.8) is 0 Å². The third kappa shape index (κ3) is 4.87. The zero-order valence-corrected chi connectivity index (χ0v) is 18.4. The summed E-state index contributed by atoms with van der Waals surface area (Å²) < 4.78 is 29.6. The minimum absolute atomic E-state index is 0.0821. The minimum atomic E-state index is -3.07. The zero-order valence-electron chi connectivity index (χ0n) is 16.7. The van der Waals surface area contributed by atoms with Crippen LogP contribution in [0.5, 0.6) is 5.75 Å². The molecule has 6 nitrogen and oxygen atoms in total. The van der Waals surface area contributed by atoms with Gasteiger partial charge in [0.05, 0.1) is 24.7 Å². The third-order valence-corrected chi connectivity index (χ3v) is 8.60. The number of benzene rings is 2. The molecule has 0 aliphatic carbocycles. The number of ether oxygens (including phenoxy) is 1. The molecule has 2 heterocycles. The lowest BCUT2D eigenvalue weighted by molar-refractivity contribution is -0.117. The van der Waals surface area contributed by atoms with E-state index < -0.39 is 9.84 Å². The fraction of sp³-hybridized carbons (Fsp3) is 0.364. The highest BCUT2D eigenvalue weighted by molar-refractivity contribution is 8.15. The van der Waals surface area contributed by atoms with Gasteiger partial charge in [0, 0.05) is 18.2 Å². The molecule has 2 saturated heterocycles. The second-order valence-electron chi connectivity index (χ2n) is 7.55. The van der Waals surface area contributed by atoms with Crippen LogP contribution in [-0.4, -0.2) is 54.3 Å². The molecular formula is C22H24N2O4S2. The molecule has 30 heavy (non-hydrogen) atoms. The van der Waals surface area contributed by atoms with Gasteiger partial charge in [-0.2, -0.15) is 4.99 Å². The Hall–Kier alpha value is -2.32. The van der Waals surface area contributed by atoms with E-state index in [-0.39, 0.29) is 28.7 Å². The normalized spacial score (nSPS) is 23.5. The van der Waals surface area contributed by atoms with Gasteiger partial charge in [-0.3, -0.25) is 4.79 Å². The number of thioether (sulfide) groups is 1. The van der Waals surface area contributed by atoms with Crippen molar-refractivity contribution in [3.8, 4) is 5.75 Å². The Labute approximate surface area is 181 Å². The number of sulfone groups is 1. The summed E-state index contributed by atoms with van der Waals surface area (Å²) in [6.45, 7) is 0.492. The number of aliphatic imine (C=N–C) groups is 1. The lowest BCUT2D eigenvalue weighted by atomic mass is 10.1. The van der Waals surface area contributed by atoms with Crippen LogP contribution >= 0.6 is 11.8 Å². The average Bonchev–Trinajstić information content (AvgIpc) is 3.19. The van der Waals surface area contributed by atoms with E-state index in [1.165, 1.54) is 11.8 Å². The SMILES string of the molecule is COc1cccc(CN2C(=NC(=O)CCc3ccccc3)SC3CS(=O)(=O)CC32)c1. The van der Waals surface area contributed by atoms with Gasteiger partial charge >= 0.3 is 0 Å². The molecule has 0 aromatic heterocycles. The number of nitrogens with zero attached hydrogens (tertiary/aromatic N) is 2. The Morgan fingerprint density at radius 1 is 1.13 bits per heavy atom. The number of carbonyl (C=O) groups excluding carboxylic acids is 1. The first-order valence-corrected chi connectivity index (χ1v) is 12.6. The Balaban J connectivity index is 1.52. The molecule has 0 bridgehead atoms. The van der Waals surface area contributed by atoms with Crippen LogP contribution in [-0.2, 0) is 27.6 Å². The molecule has 2 aromatic carbocycles. The number of hydrogen-bond donors (Lipinski definition) is 0. The van der Waals surface area contributed by atoms with Crippen LogP contribution in [0.3, 0.4) is 0 Å². The fourth-order valence-corrected chi connectivity index (χ4v) is 7.81. The Morgan fingerprint density at radius 2 is 1.90 bits per heavy atom. The standard InChI is InChI=1S/C22H24N2O4S2/c1-28-18-9-5-8-17(12-18)13-24-19-14-30(26,27)15-20(19)29-22(24)23-21(25)11-10-16-6-3-2-4-7-16/h2-9,12,19-20H,10-11,13-15H2,1H3. The summed E-state index contributed by atoms with van der Waals surface area (Å²) in [5, 5.41) is 0.544. The second-order valence-corrected chi connectivity index (χ2v) is 10.9. The Morgan fingerprint density at radius 3 is 2.67 bits per heavy atom. The molecule has 2 atom stereocenters. The first-order valence-electron chi connectivity index (χ1n) is 9.85. The highest BCUT2D eigenvalue weighted by Crippen LogP contribution is 2.39. The van der Waals surface area contributed by atoms with Crippen molar-refractivity contribution < 1.29 is 17.9 Å². The summed E-state index contributed by atoms with van der Waals surface area (Å²) in [4.78, 5) is 18.9. The molecule has 0 radical (unpaired) electrons. The predicted molar refractivity (Wildman–Crippen MR) is 120 cm³/mol. The van der Waals surface area contributed by atoms with E-state index in [9.17, 15) is 13.2 Å². The van der Waals surface area contributed by atoms with E-state index in [2.05, 4.69) is 4.99 Å². The van der Waals surface area contributed by atoms with E-state index in [4.69, 9.17) is 4.74 Å². The molecule has 2 unspecified atom stereocenters. The summed E-state index contributed by atoms with van der Waals surface area (Å²) in [6.07, 6.45) is 0.965. The highest BCUT2D eigenvalue weighted by atomic mass is 32.2. The maximum atomic E-state index is 12.6. The number of amides is 1. The van der Waals surface area contributed by atoms with Gasteiger partial charge in [-0.1, -0.05) is 54.2 Å². The maximum Gasteiger partial charge on any atom is 0.248 e. The molecule has 2 fully saturated rings. The number of fused-ring (bicyclic) bond motifs is 1. The number of methoxy groups -OCH3 is 1. The van der Waals surface area contributed by atoms with Gasteiger partial charge in [0.25, 0.3) is 0 Å². The van der Waals surface area contributed by atoms with Crippen LogP contribution in [0.15, 0.2) is 59.6 Å². The van der Waals surface area contributed by atoms with Crippen molar-refractivity contribution in [2.45, 2.75) is 30.7 Å². The molecular weight excluding hydrogens is 420 g/mol. The van der Waals surface area contributed by atoms with Gasteiger partial charge in [-0.25, -0.2) is 8.42 Å². The Kier molecular flexibility index (Phi) is 6.15. The van der Waals surface area contributed by atoms with Crippen molar-refractivity contribution in [2.75, 3.05) is 18.6 Å². The van der Waals surface area contributed by atoms with Crippen LogP contribution in [0.4, 0.5) is 0 Å². The van der Waals surface area contributed by atoms with Gasteiger partial charge in [-0.05, 0) is 29.7 Å².